The fourth-order valence-corrected chi connectivity index (χ4v) is 3.15. The lowest BCUT2D eigenvalue weighted by Crippen LogP contribution is -2.35. The van der Waals surface area contributed by atoms with Crippen molar-refractivity contribution in [1.82, 2.24) is 5.32 Å². The summed E-state index contributed by atoms with van der Waals surface area (Å²) >= 11 is 0. The van der Waals surface area contributed by atoms with Gasteiger partial charge in [-0.3, -0.25) is 9.69 Å². The van der Waals surface area contributed by atoms with Crippen molar-refractivity contribution in [2.24, 2.45) is 10.9 Å². The minimum atomic E-state index is -0.547. The lowest BCUT2D eigenvalue weighted by molar-refractivity contribution is -0.119. The Labute approximate surface area is 150 Å². The van der Waals surface area contributed by atoms with Crippen LogP contribution >= 0.6 is 0 Å². The third kappa shape index (κ3) is 3.87. The van der Waals surface area contributed by atoms with E-state index in [1.165, 1.54) is 17.9 Å². The van der Waals surface area contributed by atoms with Crippen LogP contribution in [0.1, 0.15) is 19.8 Å². The summed E-state index contributed by atoms with van der Waals surface area (Å²) in [4.78, 5) is 26.3. The van der Waals surface area contributed by atoms with Crippen LogP contribution in [0.3, 0.4) is 0 Å². The maximum atomic E-state index is 14.6. The normalized spacial score (nSPS) is 20.2. The Bertz CT molecular complexity index is 729. The Balaban J connectivity index is 1.68. The summed E-state index contributed by atoms with van der Waals surface area (Å²) in [5.41, 5.74) is 1.86. The second-order valence-corrected chi connectivity index (χ2v) is 6.37. The first-order valence-electron chi connectivity index (χ1n) is 8.50. The van der Waals surface area contributed by atoms with E-state index in [2.05, 4.69) is 10.4 Å². The van der Waals surface area contributed by atoms with Gasteiger partial charge in [0, 0.05) is 38.6 Å². The first-order valence-corrected chi connectivity index (χ1v) is 8.50. The fraction of sp³-hybridized carbons (Fsp3) is 0.471. The average molecular weight is 363 g/mol. The summed E-state index contributed by atoms with van der Waals surface area (Å²) in [5, 5.41) is 6.33. The van der Waals surface area contributed by atoms with Gasteiger partial charge in [0.25, 0.3) is 0 Å². The molecule has 1 aromatic carbocycles. The summed E-state index contributed by atoms with van der Waals surface area (Å²) in [6.45, 7) is 3.19. The molecule has 2 fully saturated rings. The average Bonchev–Trinajstić information content (AvgIpc) is 3.01. The molecule has 0 aliphatic carbocycles. The summed E-state index contributed by atoms with van der Waals surface area (Å²) in [5.74, 6) is 4.70. The zero-order chi connectivity index (χ0) is 18.7. The molecule has 2 aliphatic rings. The number of piperidine rings is 1. The number of carbonyl (C=O) groups is 2. The SMILES string of the molecule is CC(=O)NCC1CN(c2ccc(N3CCC(=NN)CC3)c(F)c2)C(=O)O1. The van der Waals surface area contributed by atoms with Gasteiger partial charge in [0.2, 0.25) is 5.91 Å². The van der Waals surface area contributed by atoms with Crippen LogP contribution in [0.4, 0.5) is 20.6 Å². The van der Waals surface area contributed by atoms with Gasteiger partial charge in [-0.05, 0) is 18.2 Å². The Hall–Kier alpha value is -2.84. The summed E-state index contributed by atoms with van der Waals surface area (Å²) in [7, 11) is 0. The molecule has 0 saturated carbocycles. The van der Waals surface area contributed by atoms with E-state index in [0.717, 1.165) is 5.71 Å². The summed E-state index contributed by atoms with van der Waals surface area (Å²) in [6, 6.07) is 4.71. The minimum Gasteiger partial charge on any atom is -0.442 e. The van der Waals surface area contributed by atoms with Crippen molar-refractivity contribution in [3.63, 3.8) is 0 Å². The monoisotopic (exact) mass is 363 g/mol. The molecule has 3 rings (SSSR count). The number of ether oxygens (including phenoxy) is 1. The molecule has 1 atom stereocenters. The van der Waals surface area contributed by atoms with Gasteiger partial charge < -0.3 is 20.8 Å². The predicted molar refractivity (Wildman–Crippen MR) is 95.8 cm³/mol. The maximum Gasteiger partial charge on any atom is 0.414 e. The van der Waals surface area contributed by atoms with Crippen molar-refractivity contribution in [3.05, 3.63) is 24.0 Å². The quantitative estimate of drug-likeness (QED) is 0.618. The number of anilines is 2. The van der Waals surface area contributed by atoms with Crippen LogP contribution in [0.2, 0.25) is 0 Å². The van der Waals surface area contributed by atoms with Gasteiger partial charge in [0.05, 0.1) is 24.5 Å². The number of nitrogens with zero attached hydrogens (tertiary/aromatic N) is 3. The van der Waals surface area contributed by atoms with E-state index in [9.17, 15) is 14.0 Å². The number of nitrogens with two attached hydrogens (primary N) is 1. The van der Waals surface area contributed by atoms with E-state index in [0.29, 0.717) is 37.3 Å². The van der Waals surface area contributed by atoms with Gasteiger partial charge in [-0.1, -0.05) is 0 Å². The predicted octanol–water partition coefficient (Wildman–Crippen LogP) is 1.20. The highest BCUT2D eigenvalue weighted by Crippen LogP contribution is 2.29. The lowest BCUT2D eigenvalue weighted by Gasteiger charge is -2.30. The molecular formula is C17H22FN5O3. The number of cyclic esters (lactones) is 1. The molecule has 2 amide bonds. The number of halogens is 1. The van der Waals surface area contributed by atoms with Crippen LogP contribution in [0.5, 0.6) is 0 Å². The molecule has 1 unspecified atom stereocenters. The Morgan fingerprint density at radius 1 is 1.42 bits per heavy atom. The minimum absolute atomic E-state index is 0.195. The molecule has 3 N–H and O–H groups in total. The van der Waals surface area contributed by atoms with Gasteiger partial charge >= 0.3 is 6.09 Å². The number of amides is 2. The van der Waals surface area contributed by atoms with Crippen LogP contribution in [0.15, 0.2) is 23.3 Å². The largest absolute Gasteiger partial charge is 0.442 e. The van der Waals surface area contributed by atoms with Gasteiger partial charge in [0.15, 0.2) is 0 Å². The molecule has 9 heteroatoms. The molecule has 1 aromatic rings. The highest BCUT2D eigenvalue weighted by molar-refractivity contribution is 5.90. The van der Waals surface area contributed by atoms with E-state index >= 15 is 0 Å². The van der Waals surface area contributed by atoms with E-state index in [1.54, 1.807) is 12.1 Å². The van der Waals surface area contributed by atoms with Crippen LogP contribution in [0.25, 0.3) is 0 Å². The van der Waals surface area contributed by atoms with Crippen molar-refractivity contribution in [3.8, 4) is 0 Å². The van der Waals surface area contributed by atoms with E-state index < -0.39 is 18.0 Å². The number of hydrogen-bond donors (Lipinski definition) is 2. The van der Waals surface area contributed by atoms with Crippen LogP contribution < -0.4 is 21.0 Å². The number of rotatable bonds is 4. The van der Waals surface area contributed by atoms with Gasteiger partial charge in [0.1, 0.15) is 11.9 Å². The highest BCUT2D eigenvalue weighted by Gasteiger charge is 2.33. The zero-order valence-corrected chi connectivity index (χ0v) is 14.6. The second kappa shape index (κ2) is 7.59. The number of hydrazone groups is 1. The number of benzene rings is 1. The lowest BCUT2D eigenvalue weighted by atomic mass is 10.1. The third-order valence-electron chi connectivity index (χ3n) is 4.56. The smallest absolute Gasteiger partial charge is 0.414 e. The molecule has 0 aromatic heterocycles. The Morgan fingerprint density at radius 3 is 2.77 bits per heavy atom. The summed E-state index contributed by atoms with van der Waals surface area (Å²) < 4.78 is 19.8. The fourth-order valence-electron chi connectivity index (χ4n) is 3.15. The summed E-state index contributed by atoms with van der Waals surface area (Å²) in [6.07, 6.45) is 0.418. The van der Waals surface area contributed by atoms with Crippen LogP contribution in [-0.2, 0) is 9.53 Å². The molecule has 8 nitrogen and oxygen atoms in total. The first kappa shape index (κ1) is 18.0. The molecule has 0 bridgehead atoms. The molecule has 26 heavy (non-hydrogen) atoms. The number of carbonyl (C=O) groups excluding carboxylic acids is 2. The topological polar surface area (TPSA) is 100 Å². The Morgan fingerprint density at radius 2 is 2.15 bits per heavy atom. The molecule has 2 saturated heterocycles. The standard InChI is InChI=1S/C17H22FN5O3/c1-11(24)20-9-14-10-23(17(25)26-14)13-2-3-16(15(18)8-13)22-6-4-12(21-19)5-7-22/h2-3,8,14H,4-7,9-10,19H2,1H3,(H,20,24). The van der Waals surface area contributed by atoms with Crippen molar-refractivity contribution < 1.29 is 18.7 Å². The van der Waals surface area contributed by atoms with Crippen molar-refractivity contribution >= 4 is 29.1 Å². The zero-order valence-electron chi connectivity index (χ0n) is 14.6. The van der Waals surface area contributed by atoms with Crippen LogP contribution in [-0.4, -0.2) is 50.0 Å². The van der Waals surface area contributed by atoms with Crippen molar-refractivity contribution in [1.29, 1.82) is 0 Å². The molecule has 140 valence electrons. The van der Waals surface area contributed by atoms with E-state index in [-0.39, 0.29) is 19.0 Å². The second-order valence-electron chi connectivity index (χ2n) is 6.37. The molecule has 0 radical (unpaired) electrons. The van der Waals surface area contributed by atoms with Gasteiger partial charge in [-0.2, -0.15) is 5.10 Å². The highest BCUT2D eigenvalue weighted by atomic mass is 19.1. The van der Waals surface area contributed by atoms with Gasteiger partial charge in [-0.25, -0.2) is 9.18 Å². The molecular weight excluding hydrogens is 341 g/mol. The third-order valence-corrected chi connectivity index (χ3v) is 4.56. The van der Waals surface area contributed by atoms with Gasteiger partial charge in [-0.15, -0.1) is 0 Å². The number of nitrogens with one attached hydrogen (secondary N) is 1. The van der Waals surface area contributed by atoms with E-state index in [1.807, 2.05) is 4.90 Å². The molecule has 2 heterocycles. The van der Waals surface area contributed by atoms with Crippen molar-refractivity contribution in [2.45, 2.75) is 25.9 Å². The van der Waals surface area contributed by atoms with Crippen molar-refractivity contribution in [2.75, 3.05) is 36.0 Å². The Kier molecular flexibility index (Phi) is 5.24. The van der Waals surface area contributed by atoms with E-state index in [4.69, 9.17) is 10.6 Å². The number of hydrogen-bond acceptors (Lipinski definition) is 6. The molecule has 0 spiro atoms. The molecule has 2 aliphatic heterocycles. The first-order chi connectivity index (χ1) is 12.5. The van der Waals surface area contributed by atoms with Crippen LogP contribution in [0, 0.1) is 5.82 Å². The maximum absolute atomic E-state index is 14.6.